The highest BCUT2D eigenvalue weighted by Crippen LogP contribution is 2.40. The van der Waals surface area contributed by atoms with Crippen LogP contribution >= 0.6 is 34.8 Å². The Hall–Kier alpha value is -1.42. The van der Waals surface area contributed by atoms with E-state index in [0.29, 0.717) is 20.9 Å². The first kappa shape index (κ1) is 15.5. The minimum Gasteiger partial charge on any atom is -0.259 e. The largest absolute Gasteiger partial charge is 0.259 e. The molecule has 2 heterocycles. The minimum absolute atomic E-state index is 0.0744. The summed E-state index contributed by atoms with van der Waals surface area (Å²) < 4.78 is 0. The van der Waals surface area contributed by atoms with Gasteiger partial charge in [-0.2, -0.15) is 5.10 Å². The van der Waals surface area contributed by atoms with E-state index in [2.05, 4.69) is 15.2 Å². The summed E-state index contributed by atoms with van der Waals surface area (Å²) in [6.07, 6.45) is 1.70. The molecule has 1 aromatic heterocycles. The van der Waals surface area contributed by atoms with Crippen molar-refractivity contribution in [2.45, 2.75) is 18.8 Å². The molecule has 1 aliphatic rings. The summed E-state index contributed by atoms with van der Waals surface area (Å²) in [5.74, 6) is -0.330. The second kappa shape index (κ2) is 6.37. The van der Waals surface area contributed by atoms with Crippen molar-refractivity contribution in [3.05, 3.63) is 63.9 Å². The maximum atomic E-state index is 6.35. The van der Waals surface area contributed by atoms with Gasteiger partial charge in [-0.15, -0.1) is 5.10 Å². The first-order valence-electron chi connectivity index (χ1n) is 6.71. The lowest BCUT2D eigenvalue weighted by atomic mass is 9.80. The fraction of sp³-hybridized carbons (Fsp3) is 0.188. The first-order valence-corrected chi connectivity index (χ1v) is 7.84. The van der Waals surface area contributed by atoms with Crippen molar-refractivity contribution < 1.29 is 0 Å². The third kappa shape index (κ3) is 2.89. The third-order valence-electron chi connectivity index (χ3n) is 3.65. The molecule has 1 aliphatic heterocycles. The average Bonchev–Trinajstić information content (AvgIpc) is 2.51. The van der Waals surface area contributed by atoms with Crippen molar-refractivity contribution in [1.29, 1.82) is 0 Å². The van der Waals surface area contributed by atoms with Crippen LogP contribution in [0.15, 0.2) is 52.8 Å². The Labute approximate surface area is 143 Å². The van der Waals surface area contributed by atoms with E-state index in [9.17, 15) is 0 Å². The molecule has 112 valence electrons. The highest BCUT2D eigenvalue weighted by molar-refractivity contribution is 6.67. The number of rotatable bonds is 2. The van der Waals surface area contributed by atoms with Gasteiger partial charge in [-0.25, -0.2) is 0 Å². The lowest BCUT2D eigenvalue weighted by molar-refractivity contribution is 0.762. The smallest absolute Gasteiger partial charge is 0.138 e. The van der Waals surface area contributed by atoms with Gasteiger partial charge in [0.05, 0.1) is 16.6 Å². The van der Waals surface area contributed by atoms with Crippen LogP contribution in [0.4, 0.5) is 0 Å². The van der Waals surface area contributed by atoms with Crippen molar-refractivity contribution in [3.63, 3.8) is 0 Å². The average molecular weight is 353 g/mol. The summed E-state index contributed by atoms with van der Waals surface area (Å²) in [5, 5.41) is 9.84. The normalized spacial score (nSPS) is 21.3. The summed E-state index contributed by atoms with van der Waals surface area (Å²) in [7, 11) is 0. The van der Waals surface area contributed by atoms with Crippen LogP contribution in [0.25, 0.3) is 0 Å². The SMILES string of the molecule is CC1=NN=C(Cl)C(c2ncccc2Cl)C1c1ccc(Cl)cc1. The maximum Gasteiger partial charge on any atom is 0.138 e. The van der Waals surface area contributed by atoms with Crippen LogP contribution in [0.5, 0.6) is 0 Å². The first-order chi connectivity index (χ1) is 10.6. The van der Waals surface area contributed by atoms with E-state index in [1.165, 1.54) is 0 Å². The van der Waals surface area contributed by atoms with Gasteiger partial charge in [0.2, 0.25) is 0 Å². The molecule has 22 heavy (non-hydrogen) atoms. The second-order valence-electron chi connectivity index (χ2n) is 5.04. The zero-order chi connectivity index (χ0) is 15.7. The van der Waals surface area contributed by atoms with Crippen LogP contribution < -0.4 is 0 Å². The molecule has 0 bridgehead atoms. The topological polar surface area (TPSA) is 37.6 Å². The molecule has 0 saturated heterocycles. The van der Waals surface area contributed by atoms with Gasteiger partial charge < -0.3 is 0 Å². The van der Waals surface area contributed by atoms with Crippen molar-refractivity contribution in [3.8, 4) is 0 Å². The number of nitrogens with zero attached hydrogens (tertiary/aromatic N) is 3. The zero-order valence-electron chi connectivity index (χ0n) is 11.7. The third-order valence-corrected chi connectivity index (χ3v) is 4.54. The van der Waals surface area contributed by atoms with Gasteiger partial charge in [0.1, 0.15) is 5.17 Å². The second-order valence-corrected chi connectivity index (χ2v) is 6.27. The monoisotopic (exact) mass is 351 g/mol. The molecular formula is C16H12Cl3N3. The molecule has 2 atom stereocenters. The van der Waals surface area contributed by atoms with Gasteiger partial charge >= 0.3 is 0 Å². The number of hydrogen-bond acceptors (Lipinski definition) is 3. The number of pyridine rings is 1. The Morgan fingerprint density at radius 1 is 0.909 bits per heavy atom. The molecule has 3 rings (SSSR count). The molecule has 0 N–H and O–H groups in total. The molecular weight excluding hydrogens is 341 g/mol. The maximum absolute atomic E-state index is 6.35. The Morgan fingerprint density at radius 2 is 1.64 bits per heavy atom. The van der Waals surface area contributed by atoms with E-state index in [1.54, 1.807) is 18.3 Å². The van der Waals surface area contributed by atoms with E-state index in [4.69, 9.17) is 34.8 Å². The predicted molar refractivity (Wildman–Crippen MR) is 92.6 cm³/mol. The quantitative estimate of drug-likeness (QED) is 0.724. The Balaban J connectivity index is 2.12. The molecule has 0 aliphatic carbocycles. The number of hydrogen-bond donors (Lipinski definition) is 0. The molecule has 1 aromatic carbocycles. The van der Waals surface area contributed by atoms with Gasteiger partial charge in [-0.1, -0.05) is 46.9 Å². The van der Waals surface area contributed by atoms with E-state index in [0.717, 1.165) is 11.3 Å². The minimum atomic E-state index is -0.256. The van der Waals surface area contributed by atoms with Crippen LogP contribution in [-0.4, -0.2) is 15.9 Å². The highest BCUT2D eigenvalue weighted by Gasteiger charge is 2.35. The molecule has 2 aromatic rings. The molecule has 6 heteroatoms. The predicted octanol–water partition coefficient (Wildman–Crippen LogP) is 5.28. The molecule has 0 amide bonds. The highest BCUT2D eigenvalue weighted by atomic mass is 35.5. The fourth-order valence-corrected chi connectivity index (χ4v) is 3.26. The van der Waals surface area contributed by atoms with Crippen molar-refractivity contribution in [2.75, 3.05) is 0 Å². The molecule has 0 saturated carbocycles. The Kier molecular flexibility index (Phi) is 4.48. The Morgan fingerprint density at radius 3 is 2.32 bits per heavy atom. The summed E-state index contributed by atoms with van der Waals surface area (Å²) in [5.41, 5.74) is 2.61. The number of benzene rings is 1. The van der Waals surface area contributed by atoms with Gasteiger partial charge in [0.25, 0.3) is 0 Å². The van der Waals surface area contributed by atoms with Crippen molar-refractivity contribution in [1.82, 2.24) is 4.98 Å². The summed E-state index contributed by atoms with van der Waals surface area (Å²) in [6.45, 7) is 1.93. The van der Waals surface area contributed by atoms with Crippen LogP contribution in [0.1, 0.15) is 30.0 Å². The van der Waals surface area contributed by atoms with Gasteiger partial charge in [0, 0.05) is 22.8 Å². The van der Waals surface area contributed by atoms with Crippen LogP contribution in [0, 0.1) is 0 Å². The number of aromatic nitrogens is 1. The van der Waals surface area contributed by atoms with Crippen molar-refractivity contribution >= 4 is 45.7 Å². The molecule has 0 radical (unpaired) electrons. The van der Waals surface area contributed by atoms with E-state index in [-0.39, 0.29) is 11.8 Å². The van der Waals surface area contributed by atoms with E-state index in [1.807, 2.05) is 31.2 Å². The lowest BCUT2D eigenvalue weighted by Gasteiger charge is -2.28. The standard InChI is InChI=1S/C16H12Cl3N3/c1-9-13(10-4-6-11(17)7-5-10)14(16(19)22-21-9)15-12(18)3-2-8-20-15/h2-8,13-14H,1H3. The van der Waals surface area contributed by atoms with Crippen LogP contribution in [0.2, 0.25) is 10.0 Å². The van der Waals surface area contributed by atoms with Gasteiger partial charge in [-0.3, -0.25) is 4.98 Å². The molecule has 0 spiro atoms. The Bertz CT molecular complexity index is 753. The van der Waals surface area contributed by atoms with Gasteiger partial charge in [0.15, 0.2) is 0 Å². The molecule has 3 nitrogen and oxygen atoms in total. The molecule has 2 unspecified atom stereocenters. The van der Waals surface area contributed by atoms with E-state index >= 15 is 0 Å². The zero-order valence-corrected chi connectivity index (χ0v) is 13.9. The molecule has 0 fully saturated rings. The van der Waals surface area contributed by atoms with Gasteiger partial charge in [-0.05, 0) is 36.8 Å². The van der Waals surface area contributed by atoms with Crippen LogP contribution in [0.3, 0.4) is 0 Å². The van der Waals surface area contributed by atoms with Crippen molar-refractivity contribution in [2.24, 2.45) is 10.2 Å². The summed E-state index contributed by atoms with van der Waals surface area (Å²) in [4.78, 5) is 4.40. The van der Waals surface area contributed by atoms with E-state index < -0.39 is 0 Å². The summed E-state index contributed by atoms with van der Waals surface area (Å²) >= 11 is 18.6. The fourth-order valence-electron chi connectivity index (χ4n) is 2.63. The summed E-state index contributed by atoms with van der Waals surface area (Å²) in [6, 6.07) is 11.2. The number of halogens is 3. The van der Waals surface area contributed by atoms with Crippen LogP contribution in [-0.2, 0) is 0 Å². The lowest BCUT2D eigenvalue weighted by Crippen LogP contribution is -2.26.